The van der Waals surface area contributed by atoms with Gasteiger partial charge >= 0.3 is 0 Å². The predicted molar refractivity (Wildman–Crippen MR) is 69.7 cm³/mol. The van der Waals surface area contributed by atoms with Crippen LogP contribution in [0.25, 0.3) is 0 Å². The van der Waals surface area contributed by atoms with Crippen LogP contribution in [-0.2, 0) is 14.6 Å². The quantitative estimate of drug-likeness (QED) is 0.840. The molecule has 1 saturated carbocycles. The van der Waals surface area contributed by atoms with Crippen LogP contribution in [0.15, 0.2) is 46.7 Å². The van der Waals surface area contributed by atoms with Crippen LogP contribution < -0.4 is 0 Å². The molecule has 3 nitrogen and oxygen atoms in total. The van der Waals surface area contributed by atoms with E-state index in [9.17, 15) is 13.2 Å². The third-order valence-corrected chi connectivity index (χ3v) is 4.64. The van der Waals surface area contributed by atoms with Crippen molar-refractivity contribution in [2.24, 2.45) is 5.92 Å². The maximum absolute atomic E-state index is 11.9. The highest BCUT2D eigenvalue weighted by molar-refractivity contribution is 7.94. The molecule has 0 bridgehead atoms. The average molecular weight is 264 g/mol. The van der Waals surface area contributed by atoms with E-state index in [1.807, 2.05) is 0 Å². The second-order valence-corrected chi connectivity index (χ2v) is 6.45. The third-order valence-electron chi connectivity index (χ3n) is 3.16. The fourth-order valence-electron chi connectivity index (χ4n) is 2.16. The lowest BCUT2D eigenvalue weighted by atomic mass is 10.0. The zero-order valence-electron chi connectivity index (χ0n) is 10.1. The van der Waals surface area contributed by atoms with E-state index in [1.165, 1.54) is 5.41 Å². The molecule has 0 aliphatic heterocycles. The monoisotopic (exact) mass is 264 g/mol. The Kier molecular flexibility index (Phi) is 3.97. The van der Waals surface area contributed by atoms with Crippen molar-refractivity contribution < 1.29 is 13.2 Å². The molecule has 2 rings (SSSR count). The van der Waals surface area contributed by atoms with Gasteiger partial charge < -0.3 is 0 Å². The SMILES string of the molecule is O=C1CCC(C/C=C/S(=O)(=O)c2ccccc2)C1. The molecule has 1 unspecified atom stereocenters. The first-order valence-electron chi connectivity index (χ1n) is 6.06. The number of carbonyl (C=O) groups is 1. The largest absolute Gasteiger partial charge is 0.300 e. The Morgan fingerprint density at radius 1 is 1.22 bits per heavy atom. The van der Waals surface area contributed by atoms with Crippen LogP contribution in [0, 0.1) is 5.92 Å². The first-order valence-corrected chi connectivity index (χ1v) is 7.61. The summed E-state index contributed by atoms with van der Waals surface area (Å²) < 4.78 is 23.8. The number of hydrogen-bond acceptors (Lipinski definition) is 3. The van der Waals surface area contributed by atoms with Crippen LogP contribution in [0.2, 0.25) is 0 Å². The van der Waals surface area contributed by atoms with E-state index in [0.717, 1.165) is 6.42 Å². The lowest BCUT2D eigenvalue weighted by Crippen LogP contribution is -1.97. The second-order valence-electron chi connectivity index (χ2n) is 4.61. The number of Topliss-reactive ketones (excluding diaryl/α,β-unsaturated/α-hetero) is 1. The minimum atomic E-state index is -3.33. The van der Waals surface area contributed by atoms with Crippen molar-refractivity contribution in [3.63, 3.8) is 0 Å². The van der Waals surface area contributed by atoms with E-state index in [4.69, 9.17) is 0 Å². The Morgan fingerprint density at radius 3 is 2.56 bits per heavy atom. The van der Waals surface area contributed by atoms with Crippen LogP contribution in [0.1, 0.15) is 25.7 Å². The van der Waals surface area contributed by atoms with Gasteiger partial charge in [-0.1, -0.05) is 24.3 Å². The highest BCUT2D eigenvalue weighted by Crippen LogP contribution is 2.25. The molecule has 18 heavy (non-hydrogen) atoms. The van der Waals surface area contributed by atoms with E-state index >= 15 is 0 Å². The Bertz CT molecular complexity index is 544. The number of carbonyl (C=O) groups excluding carboxylic acids is 1. The molecule has 0 saturated heterocycles. The molecule has 0 radical (unpaired) electrons. The zero-order valence-corrected chi connectivity index (χ0v) is 10.9. The Labute approximate surface area is 107 Å². The van der Waals surface area contributed by atoms with Crippen molar-refractivity contribution in [3.05, 3.63) is 41.8 Å². The molecule has 0 spiro atoms. The van der Waals surface area contributed by atoms with Gasteiger partial charge in [0.05, 0.1) is 4.90 Å². The minimum Gasteiger partial charge on any atom is -0.300 e. The fraction of sp³-hybridized carbons (Fsp3) is 0.357. The van der Waals surface area contributed by atoms with Crippen LogP contribution in [0.4, 0.5) is 0 Å². The van der Waals surface area contributed by atoms with E-state index in [2.05, 4.69) is 0 Å². The normalized spacial score (nSPS) is 20.7. The molecular formula is C14H16O3S. The van der Waals surface area contributed by atoms with Gasteiger partial charge in [0.1, 0.15) is 5.78 Å². The molecule has 1 aromatic carbocycles. The summed E-state index contributed by atoms with van der Waals surface area (Å²) in [5.41, 5.74) is 0. The summed E-state index contributed by atoms with van der Waals surface area (Å²) in [4.78, 5) is 11.4. The van der Waals surface area contributed by atoms with Crippen LogP contribution in [-0.4, -0.2) is 14.2 Å². The van der Waals surface area contributed by atoms with E-state index in [0.29, 0.717) is 35.9 Å². The van der Waals surface area contributed by atoms with Gasteiger partial charge in [0.15, 0.2) is 9.84 Å². The van der Waals surface area contributed by atoms with Gasteiger partial charge in [-0.2, -0.15) is 0 Å². The lowest BCUT2D eigenvalue weighted by molar-refractivity contribution is -0.117. The number of benzene rings is 1. The predicted octanol–water partition coefficient (Wildman–Crippen LogP) is 2.73. The molecule has 1 aliphatic rings. The molecule has 4 heteroatoms. The highest BCUT2D eigenvalue weighted by atomic mass is 32.2. The Balaban J connectivity index is 1.98. The number of ketones is 1. The molecule has 1 atom stereocenters. The fourth-order valence-corrected chi connectivity index (χ4v) is 3.21. The number of rotatable bonds is 4. The standard InChI is InChI=1S/C14H16O3S/c15-13-9-8-12(11-13)5-4-10-18(16,17)14-6-2-1-3-7-14/h1-4,6-7,10,12H,5,8-9,11H2/b10-4+. The van der Waals surface area contributed by atoms with Crippen molar-refractivity contribution >= 4 is 15.6 Å². The zero-order chi connectivity index (χ0) is 13.0. The van der Waals surface area contributed by atoms with E-state index in [-0.39, 0.29) is 0 Å². The molecule has 0 heterocycles. The van der Waals surface area contributed by atoms with Gasteiger partial charge in [0, 0.05) is 18.2 Å². The second kappa shape index (κ2) is 5.48. The summed E-state index contributed by atoms with van der Waals surface area (Å²) in [6, 6.07) is 8.36. The minimum absolute atomic E-state index is 0.291. The van der Waals surface area contributed by atoms with Gasteiger partial charge in [0.2, 0.25) is 0 Å². The van der Waals surface area contributed by atoms with Crippen molar-refractivity contribution in [2.45, 2.75) is 30.6 Å². The Morgan fingerprint density at radius 2 is 1.94 bits per heavy atom. The molecular weight excluding hydrogens is 248 g/mol. The highest BCUT2D eigenvalue weighted by Gasteiger charge is 2.20. The lowest BCUT2D eigenvalue weighted by Gasteiger charge is -2.02. The number of sulfone groups is 1. The van der Waals surface area contributed by atoms with E-state index < -0.39 is 9.84 Å². The summed E-state index contributed by atoms with van der Waals surface area (Å²) >= 11 is 0. The van der Waals surface area contributed by atoms with Gasteiger partial charge in [0.25, 0.3) is 0 Å². The average Bonchev–Trinajstić information content (AvgIpc) is 2.76. The molecule has 0 N–H and O–H groups in total. The molecule has 1 aromatic rings. The van der Waals surface area contributed by atoms with Crippen molar-refractivity contribution in [3.8, 4) is 0 Å². The first-order chi connectivity index (χ1) is 8.58. The van der Waals surface area contributed by atoms with E-state index in [1.54, 1.807) is 36.4 Å². The van der Waals surface area contributed by atoms with Crippen molar-refractivity contribution in [2.75, 3.05) is 0 Å². The molecule has 0 aromatic heterocycles. The summed E-state index contributed by atoms with van der Waals surface area (Å²) in [6.45, 7) is 0. The van der Waals surface area contributed by atoms with Crippen molar-refractivity contribution in [1.29, 1.82) is 0 Å². The first kappa shape index (κ1) is 13.0. The van der Waals surface area contributed by atoms with Gasteiger partial charge in [-0.15, -0.1) is 0 Å². The van der Waals surface area contributed by atoms with Crippen LogP contribution >= 0.6 is 0 Å². The Hall–Kier alpha value is -1.42. The summed E-state index contributed by atoms with van der Waals surface area (Å²) in [5.74, 6) is 0.610. The maximum Gasteiger partial charge on any atom is 0.199 e. The third kappa shape index (κ3) is 3.29. The van der Waals surface area contributed by atoms with Gasteiger partial charge in [-0.05, 0) is 30.9 Å². The number of hydrogen-bond donors (Lipinski definition) is 0. The molecule has 96 valence electrons. The topological polar surface area (TPSA) is 51.2 Å². The summed E-state index contributed by atoms with van der Waals surface area (Å²) in [7, 11) is -3.33. The van der Waals surface area contributed by atoms with Gasteiger partial charge in [-0.25, -0.2) is 8.42 Å². The molecule has 0 amide bonds. The molecule has 1 aliphatic carbocycles. The number of allylic oxidation sites excluding steroid dienone is 1. The summed E-state index contributed by atoms with van der Waals surface area (Å²) in [6.07, 6.45) is 4.46. The maximum atomic E-state index is 11.9. The smallest absolute Gasteiger partial charge is 0.199 e. The molecule has 1 fully saturated rings. The van der Waals surface area contributed by atoms with Crippen molar-refractivity contribution in [1.82, 2.24) is 0 Å². The summed E-state index contributed by atoms with van der Waals surface area (Å²) in [5, 5.41) is 1.26. The van der Waals surface area contributed by atoms with Crippen LogP contribution in [0.3, 0.4) is 0 Å². The van der Waals surface area contributed by atoms with Gasteiger partial charge in [-0.3, -0.25) is 4.79 Å². The van der Waals surface area contributed by atoms with Crippen LogP contribution in [0.5, 0.6) is 0 Å².